The second kappa shape index (κ2) is 10.8. The van der Waals surface area contributed by atoms with Gasteiger partial charge in [-0.15, -0.1) is 0 Å². The second-order valence-corrected chi connectivity index (χ2v) is 8.08. The molecule has 2 aromatic carbocycles. The number of ether oxygens (including phenoxy) is 1. The fourth-order valence-electron chi connectivity index (χ4n) is 4.09. The number of rotatable bonds is 10. The average molecular weight is 450 g/mol. The Labute approximate surface area is 193 Å². The van der Waals surface area contributed by atoms with Gasteiger partial charge in [-0.05, 0) is 66.3 Å². The lowest BCUT2D eigenvalue weighted by atomic mass is 9.99. The van der Waals surface area contributed by atoms with E-state index < -0.39 is 5.97 Å². The van der Waals surface area contributed by atoms with Crippen LogP contribution >= 0.6 is 0 Å². The summed E-state index contributed by atoms with van der Waals surface area (Å²) in [6, 6.07) is 16.7. The number of anilines is 2. The van der Waals surface area contributed by atoms with Crippen molar-refractivity contribution in [3.8, 4) is 5.75 Å². The van der Waals surface area contributed by atoms with E-state index >= 15 is 0 Å². The third-order valence-corrected chi connectivity index (χ3v) is 5.80. The molecule has 0 bridgehead atoms. The standard InChI is InChI=1S/C26H28FN3O3/c27-24-17-21(10-8-19(24)9-11-25(31)32)29-18-20-12-13-28-26-23(20)7-4-14-30(26)15-16-33-22-5-2-1-3-6-22/h1-3,5-6,8,10,12-13,17,29H,4,7,9,11,14-16,18H2,(H,31,32). The molecule has 2 heterocycles. The Morgan fingerprint density at radius 1 is 1.15 bits per heavy atom. The van der Waals surface area contributed by atoms with E-state index in [2.05, 4.69) is 15.2 Å². The van der Waals surface area contributed by atoms with E-state index in [1.54, 1.807) is 12.1 Å². The summed E-state index contributed by atoms with van der Waals surface area (Å²) in [5.41, 5.74) is 3.44. The number of benzene rings is 2. The monoisotopic (exact) mass is 449 g/mol. The number of nitrogens with zero attached hydrogens (tertiary/aromatic N) is 2. The molecular weight excluding hydrogens is 421 g/mol. The summed E-state index contributed by atoms with van der Waals surface area (Å²) >= 11 is 0. The highest BCUT2D eigenvalue weighted by Gasteiger charge is 2.20. The number of aliphatic carboxylic acids is 1. The van der Waals surface area contributed by atoms with Crippen molar-refractivity contribution in [3.63, 3.8) is 0 Å². The molecular formula is C26H28FN3O3. The Morgan fingerprint density at radius 3 is 2.79 bits per heavy atom. The summed E-state index contributed by atoms with van der Waals surface area (Å²) < 4.78 is 20.2. The number of hydrogen-bond acceptors (Lipinski definition) is 5. The first-order valence-electron chi connectivity index (χ1n) is 11.2. The Morgan fingerprint density at radius 2 is 2.00 bits per heavy atom. The normalized spacial score (nSPS) is 12.8. The van der Waals surface area contributed by atoms with Crippen LogP contribution in [0.25, 0.3) is 0 Å². The van der Waals surface area contributed by atoms with Gasteiger partial charge < -0.3 is 20.1 Å². The molecule has 0 unspecified atom stereocenters. The van der Waals surface area contributed by atoms with Crippen molar-refractivity contribution in [2.24, 2.45) is 0 Å². The third kappa shape index (κ3) is 6.00. The van der Waals surface area contributed by atoms with Crippen LogP contribution in [0.4, 0.5) is 15.9 Å². The molecule has 2 N–H and O–H groups in total. The fraction of sp³-hybridized carbons (Fsp3) is 0.308. The number of carboxylic acid groups (broad SMARTS) is 1. The van der Waals surface area contributed by atoms with E-state index in [1.807, 2.05) is 42.6 Å². The molecule has 0 spiro atoms. The van der Waals surface area contributed by atoms with E-state index in [0.717, 1.165) is 43.1 Å². The van der Waals surface area contributed by atoms with Gasteiger partial charge >= 0.3 is 5.97 Å². The number of carboxylic acids is 1. The summed E-state index contributed by atoms with van der Waals surface area (Å²) in [7, 11) is 0. The summed E-state index contributed by atoms with van der Waals surface area (Å²) in [5, 5.41) is 12.1. The third-order valence-electron chi connectivity index (χ3n) is 5.80. The Hall–Kier alpha value is -3.61. The van der Waals surface area contributed by atoms with Gasteiger partial charge in [0.25, 0.3) is 0 Å². The molecule has 1 aliphatic rings. The van der Waals surface area contributed by atoms with Crippen LogP contribution in [0.1, 0.15) is 29.5 Å². The molecule has 1 aromatic heterocycles. The number of carbonyl (C=O) groups is 1. The highest BCUT2D eigenvalue weighted by Crippen LogP contribution is 2.28. The largest absolute Gasteiger partial charge is 0.492 e. The van der Waals surface area contributed by atoms with Crippen molar-refractivity contribution in [2.45, 2.75) is 32.2 Å². The molecule has 0 amide bonds. The summed E-state index contributed by atoms with van der Waals surface area (Å²) in [4.78, 5) is 17.6. The highest BCUT2D eigenvalue weighted by molar-refractivity contribution is 5.67. The first-order chi connectivity index (χ1) is 16.1. The van der Waals surface area contributed by atoms with E-state index in [-0.39, 0.29) is 18.7 Å². The van der Waals surface area contributed by atoms with Crippen LogP contribution in [0.2, 0.25) is 0 Å². The molecule has 0 fully saturated rings. The van der Waals surface area contributed by atoms with Crippen LogP contribution < -0.4 is 15.0 Å². The maximum atomic E-state index is 14.3. The molecule has 3 aromatic rings. The Balaban J connectivity index is 1.38. The zero-order valence-corrected chi connectivity index (χ0v) is 18.5. The molecule has 0 aliphatic carbocycles. The first kappa shape index (κ1) is 22.6. The van der Waals surface area contributed by atoms with Crippen molar-refractivity contribution in [1.82, 2.24) is 4.98 Å². The van der Waals surface area contributed by atoms with Gasteiger partial charge in [0, 0.05) is 31.4 Å². The number of hydrogen-bond donors (Lipinski definition) is 2. The SMILES string of the molecule is O=C(O)CCc1ccc(NCc2ccnc3c2CCCN3CCOc2ccccc2)cc1F. The topological polar surface area (TPSA) is 74.7 Å². The molecule has 0 radical (unpaired) electrons. The zero-order chi connectivity index (χ0) is 23.0. The van der Waals surface area contributed by atoms with Crippen molar-refractivity contribution in [1.29, 1.82) is 0 Å². The van der Waals surface area contributed by atoms with Crippen molar-refractivity contribution >= 4 is 17.5 Å². The van der Waals surface area contributed by atoms with Gasteiger partial charge in [0.1, 0.15) is 24.0 Å². The predicted molar refractivity (Wildman–Crippen MR) is 126 cm³/mol. The summed E-state index contributed by atoms with van der Waals surface area (Å²) in [6.45, 7) is 2.85. The first-order valence-corrected chi connectivity index (χ1v) is 11.2. The molecule has 33 heavy (non-hydrogen) atoms. The number of aryl methyl sites for hydroxylation is 1. The second-order valence-electron chi connectivity index (χ2n) is 8.08. The lowest BCUT2D eigenvalue weighted by Crippen LogP contribution is -2.34. The minimum absolute atomic E-state index is 0.0836. The number of pyridine rings is 1. The molecule has 0 saturated heterocycles. The van der Waals surface area contributed by atoms with Crippen molar-refractivity contribution < 1.29 is 19.0 Å². The number of aromatic nitrogens is 1. The fourth-order valence-corrected chi connectivity index (χ4v) is 4.09. The van der Waals surface area contributed by atoms with Crippen LogP contribution in [0.5, 0.6) is 5.75 Å². The van der Waals surface area contributed by atoms with E-state index in [0.29, 0.717) is 24.4 Å². The van der Waals surface area contributed by atoms with Crippen LogP contribution in [0.3, 0.4) is 0 Å². The number of halogens is 1. The summed E-state index contributed by atoms with van der Waals surface area (Å²) in [5.74, 6) is 0.539. The van der Waals surface area contributed by atoms with Gasteiger partial charge in [-0.3, -0.25) is 4.79 Å². The zero-order valence-electron chi connectivity index (χ0n) is 18.5. The van der Waals surface area contributed by atoms with Gasteiger partial charge in [0.2, 0.25) is 0 Å². The smallest absolute Gasteiger partial charge is 0.303 e. The van der Waals surface area contributed by atoms with E-state index in [9.17, 15) is 9.18 Å². The van der Waals surface area contributed by atoms with Gasteiger partial charge in [-0.25, -0.2) is 9.37 Å². The lowest BCUT2D eigenvalue weighted by Gasteiger charge is -2.31. The van der Waals surface area contributed by atoms with E-state index in [1.165, 1.54) is 11.6 Å². The number of fused-ring (bicyclic) bond motifs is 1. The quantitative estimate of drug-likeness (QED) is 0.468. The molecule has 0 saturated carbocycles. The van der Waals surface area contributed by atoms with Crippen LogP contribution in [0.15, 0.2) is 60.8 Å². The van der Waals surface area contributed by atoms with Crippen LogP contribution in [-0.2, 0) is 24.2 Å². The minimum atomic E-state index is -0.931. The summed E-state index contributed by atoms with van der Waals surface area (Å²) in [6.07, 6.45) is 3.92. The van der Waals surface area contributed by atoms with Gasteiger partial charge in [-0.2, -0.15) is 0 Å². The van der Waals surface area contributed by atoms with Gasteiger partial charge in [0.05, 0.1) is 6.54 Å². The number of para-hydroxylation sites is 1. The molecule has 4 rings (SSSR count). The van der Waals surface area contributed by atoms with Crippen LogP contribution in [0, 0.1) is 5.82 Å². The van der Waals surface area contributed by atoms with Gasteiger partial charge in [0.15, 0.2) is 0 Å². The Bertz CT molecular complexity index is 1090. The number of nitrogens with one attached hydrogen (secondary N) is 1. The Kier molecular flexibility index (Phi) is 7.40. The lowest BCUT2D eigenvalue weighted by molar-refractivity contribution is -0.136. The minimum Gasteiger partial charge on any atom is -0.492 e. The van der Waals surface area contributed by atoms with Gasteiger partial charge in [-0.1, -0.05) is 24.3 Å². The maximum absolute atomic E-state index is 14.3. The van der Waals surface area contributed by atoms with Crippen molar-refractivity contribution in [2.75, 3.05) is 29.9 Å². The molecule has 0 atom stereocenters. The molecule has 172 valence electrons. The molecule has 7 heteroatoms. The van der Waals surface area contributed by atoms with Crippen LogP contribution in [-0.4, -0.2) is 35.8 Å². The molecule has 6 nitrogen and oxygen atoms in total. The predicted octanol–water partition coefficient (Wildman–Crippen LogP) is 4.68. The maximum Gasteiger partial charge on any atom is 0.303 e. The van der Waals surface area contributed by atoms with Crippen molar-refractivity contribution in [3.05, 3.63) is 83.3 Å². The average Bonchev–Trinajstić information content (AvgIpc) is 2.83. The van der Waals surface area contributed by atoms with E-state index in [4.69, 9.17) is 9.84 Å². The highest BCUT2D eigenvalue weighted by atomic mass is 19.1. The molecule has 1 aliphatic heterocycles.